The number of hydrogen-bond acceptors (Lipinski definition) is 3. The molecule has 2 aromatic carbocycles. The van der Waals surface area contributed by atoms with Gasteiger partial charge in [-0.2, -0.15) is 13.2 Å². The van der Waals surface area contributed by atoms with Crippen molar-refractivity contribution in [1.82, 2.24) is 5.32 Å². The standard InChI is InChI=1S/C20H19F4NO3/c1-13(26)14-6-10-17(11-7-14)28-12-2-3-18(27)25-19(20(22,23)24)15-4-8-16(21)9-5-15/h4-11,19H,2-3,12H2,1H3,(H,25,27). The number of carbonyl (C=O) groups is 2. The van der Waals surface area contributed by atoms with E-state index in [1.54, 1.807) is 24.3 Å². The molecule has 1 amide bonds. The van der Waals surface area contributed by atoms with Crippen LogP contribution < -0.4 is 10.1 Å². The molecule has 0 aliphatic carbocycles. The molecule has 0 spiro atoms. The Kier molecular flexibility index (Phi) is 7.14. The summed E-state index contributed by atoms with van der Waals surface area (Å²) in [5.74, 6) is -1.04. The van der Waals surface area contributed by atoms with Crippen LogP contribution in [-0.4, -0.2) is 24.5 Å². The number of rotatable bonds is 8. The van der Waals surface area contributed by atoms with E-state index >= 15 is 0 Å². The van der Waals surface area contributed by atoms with E-state index in [2.05, 4.69) is 0 Å². The monoisotopic (exact) mass is 397 g/mol. The second-order valence-electron chi connectivity index (χ2n) is 6.13. The van der Waals surface area contributed by atoms with Gasteiger partial charge in [-0.15, -0.1) is 0 Å². The Morgan fingerprint density at radius 3 is 2.18 bits per heavy atom. The molecule has 0 bridgehead atoms. The molecule has 8 heteroatoms. The number of hydrogen-bond donors (Lipinski definition) is 1. The Morgan fingerprint density at radius 2 is 1.64 bits per heavy atom. The molecule has 0 heterocycles. The smallest absolute Gasteiger partial charge is 0.412 e. The normalized spacial score (nSPS) is 12.3. The first-order valence-electron chi connectivity index (χ1n) is 8.52. The molecule has 0 saturated heterocycles. The van der Waals surface area contributed by atoms with Gasteiger partial charge in [-0.05, 0) is 55.3 Å². The van der Waals surface area contributed by atoms with Crippen molar-refractivity contribution in [3.8, 4) is 5.75 Å². The van der Waals surface area contributed by atoms with Crippen LogP contribution in [0.5, 0.6) is 5.75 Å². The van der Waals surface area contributed by atoms with Gasteiger partial charge in [-0.25, -0.2) is 4.39 Å². The summed E-state index contributed by atoms with van der Waals surface area (Å²) < 4.78 is 57.9. The molecule has 0 aromatic heterocycles. The second-order valence-corrected chi connectivity index (χ2v) is 6.13. The Labute approximate surface area is 159 Å². The van der Waals surface area contributed by atoms with E-state index in [4.69, 9.17) is 4.74 Å². The van der Waals surface area contributed by atoms with E-state index in [9.17, 15) is 27.2 Å². The molecule has 1 N–H and O–H groups in total. The van der Waals surface area contributed by atoms with Crippen molar-refractivity contribution in [3.05, 3.63) is 65.5 Å². The number of ketones is 1. The van der Waals surface area contributed by atoms with Crippen LogP contribution in [0.4, 0.5) is 17.6 Å². The highest BCUT2D eigenvalue weighted by Crippen LogP contribution is 2.32. The maximum Gasteiger partial charge on any atom is 0.412 e. The molecule has 0 radical (unpaired) electrons. The summed E-state index contributed by atoms with van der Waals surface area (Å²) >= 11 is 0. The number of carbonyl (C=O) groups excluding carboxylic acids is 2. The van der Waals surface area contributed by atoms with Crippen LogP contribution in [0.15, 0.2) is 48.5 Å². The highest BCUT2D eigenvalue weighted by molar-refractivity contribution is 5.94. The Bertz CT molecular complexity index is 802. The Morgan fingerprint density at radius 1 is 1.04 bits per heavy atom. The zero-order valence-corrected chi connectivity index (χ0v) is 15.1. The van der Waals surface area contributed by atoms with Gasteiger partial charge in [-0.1, -0.05) is 12.1 Å². The lowest BCUT2D eigenvalue weighted by Gasteiger charge is -2.22. The van der Waals surface area contributed by atoms with Crippen LogP contribution in [0.2, 0.25) is 0 Å². The van der Waals surface area contributed by atoms with Gasteiger partial charge in [0.05, 0.1) is 6.61 Å². The van der Waals surface area contributed by atoms with Crippen LogP contribution in [0.1, 0.15) is 41.7 Å². The number of alkyl halides is 3. The Balaban J connectivity index is 1.84. The van der Waals surface area contributed by atoms with Crippen LogP contribution in [0.3, 0.4) is 0 Å². The summed E-state index contributed by atoms with van der Waals surface area (Å²) in [6, 6.07) is 7.98. The number of halogens is 4. The fraction of sp³-hybridized carbons (Fsp3) is 0.300. The van der Waals surface area contributed by atoms with Crippen molar-refractivity contribution in [2.45, 2.75) is 32.0 Å². The maximum absolute atomic E-state index is 13.2. The molecule has 0 saturated carbocycles. The fourth-order valence-electron chi connectivity index (χ4n) is 2.45. The summed E-state index contributed by atoms with van der Waals surface area (Å²) in [5.41, 5.74) is 0.287. The third kappa shape index (κ3) is 6.37. The molecule has 1 atom stereocenters. The number of benzene rings is 2. The predicted molar refractivity (Wildman–Crippen MR) is 94.5 cm³/mol. The van der Waals surface area contributed by atoms with Crippen molar-refractivity contribution in [2.75, 3.05) is 6.61 Å². The molecule has 28 heavy (non-hydrogen) atoms. The third-order valence-electron chi connectivity index (χ3n) is 3.91. The van der Waals surface area contributed by atoms with Crippen LogP contribution in [0.25, 0.3) is 0 Å². The van der Waals surface area contributed by atoms with E-state index in [0.29, 0.717) is 11.3 Å². The molecular weight excluding hydrogens is 378 g/mol. The van der Waals surface area contributed by atoms with Gasteiger partial charge in [0.2, 0.25) is 5.91 Å². The van der Waals surface area contributed by atoms with E-state index < -0.39 is 23.9 Å². The van der Waals surface area contributed by atoms with Crippen molar-refractivity contribution < 1.29 is 31.9 Å². The van der Waals surface area contributed by atoms with Gasteiger partial charge < -0.3 is 10.1 Å². The van der Waals surface area contributed by atoms with Crippen LogP contribution >= 0.6 is 0 Å². The van der Waals surface area contributed by atoms with Gasteiger partial charge in [-0.3, -0.25) is 9.59 Å². The lowest BCUT2D eigenvalue weighted by Crippen LogP contribution is -2.38. The molecule has 150 valence electrons. The molecule has 1 unspecified atom stereocenters. The predicted octanol–water partition coefficient (Wildman–Crippen LogP) is 4.61. The van der Waals surface area contributed by atoms with Crippen LogP contribution in [-0.2, 0) is 4.79 Å². The first-order valence-corrected chi connectivity index (χ1v) is 8.52. The maximum atomic E-state index is 13.2. The topological polar surface area (TPSA) is 55.4 Å². The molecule has 2 rings (SSSR count). The van der Waals surface area contributed by atoms with Crippen molar-refractivity contribution in [1.29, 1.82) is 0 Å². The summed E-state index contributed by atoms with van der Waals surface area (Å²) in [6.07, 6.45) is -4.67. The summed E-state index contributed by atoms with van der Waals surface area (Å²) in [7, 11) is 0. The molecule has 0 aliphatic rings. The zero-order chi connectivity index (χ0) is 20.7. The summed E-state index contributed by atoms with van der Waals surface area (Å²) in [6.45, 7) is 1.56. The first-order chi connectivity index (χ1) is 13.2. The number of Topliss-reactive ketones (excluding diaryl/α,β-unsaturated/α-hetero) is 1. The van der Waals surface area contributed by atoms with Crippen molar-refractivity contribution in [2.24, 2.45) is 0 Å². The minimum Gasteiger partial charge on any atom is -0.494 e. The molecule has 0 fully saturated rings. The van der Waals surface area contributed by atoms with Gasteiger partial charge in [0.15, 0.2) is 11.8 Å². The molecule has 0 aliphatic heterocycles. The van der Waals surface area contributed by atoms with E-state index in [0.717, 1.165) is 24.3 Å². The first kappa shape index (κ1) is 21.4. The minimum atomic E-state index is -4.71. The van der Waals surface area contributed by atoms with Gasteiger partial charge in [0.25, 0.3) is 0 Å². The molecule has 2 aromatic rings. The third-order valence-corrected chi connectivity index (χ3v) is 3.91. The summed E-state index contributed by atoms with van der Waals surface area (Å²) in [4.78, 5) is 23.1. The number of ether oxygens (including phenoxy) is 1. The second kappa shape index (κ2) is 9.34. The van der Waals surface area contributed by atoms with Gasteiger partial charge in [0.1, 0.15) is 11.6 Å². The molecular formula is C20H19F4NO3. The van der Waals surface area contributed by atoms with Crippen molar-refractivity contribution >= 4 is 11.7 Å². The van der Waals surface area contributed by atoms with Crippen LogP contribution in [0, 0.1) is 5.82 Å². The minimum absolute atomic E-state index is 0.0800. The largest absolute Gasteiger partial charge is 0.494 e. The van der Waals surface area contributed by atoms with E-state index in [1.807, 2.05) is 5.32 Å². The molecule has 4 nitrogen and oxygen atoms in total. The number of nitrogens with one attached hydrogen (secondary N) is 1. The van der Waals surface area contributed by atoms with Gasteiger partial charge in [0, 0.05) is 12.0 Å². The van der Waals surface area contributed by atoms with Gasteiger partial charge >= 0.3 is 6.18 Å². The average Bonchev–Trinajstić information content (AvgIpc) is 2.63. The highest BCUT2D eigenvalue weighted by atomic mass is 19.4. The lowest BCUT2D eigenvalue weighted by atomic mass is 10.1. The highest BCUT2D eigenvalue weighted by Gasteiger charge is 2.41. The average molecular weight is 397 g/mol. The Hall–Kier alpha value is -2.90. The zero-order valence-electron chi connectivity index (χ0n) is 15.1. The number of amides is 1. The summed E-state index contributed by atoms with van der Waals surface area (Å²) in [5, 5.41) is 1.93. The lowest BCUT2D eigenvalue weighted by molar-refractivity contribution is -0.163. The van der Waals surface area contributed by atoms with E-state index in [-0.39, 0.29) is 30.8 Å². The van der Waals surface area contributed by atoms with Crippen molar-refractivity contribution in [3.63, 3.8) is 0 Å². The SMILES string of the molecule is CC(=O)c1ccc(OCCCC(=O)NC(c2ccc(F)cc2)C(F)(F)F)cc1. The fourth-order valence-corrected chi connectivity index (χ4v) is 2.45. The quantitative estimate of drug-likeness (QED) is 0.402. The van der Waals surface area contributed by atoms with E-state index in [1.165, 1.54) is 6.92 Å².